The van der Waals surface area contributed by atoms with E-state index in [0.717, 1.165) is 22.2 Å². The van der Waals surface area contributed by atoms with Gasteiger partial charge in [0.05, 0.1) is 14.2 Å². The normalized spacial score (nSPS) is 20.7. The molecule has 1 N–H and O–H groups in total. The predicted molar refractivity (Wildman–Crippen MR) is 98.2 cm³/mol. The first-order valence-electron chi connectivity index (χ1n) is 8.27. The Balaban J connectivity index is 1.97. The quantitative estimate of drug-likeness (QED) is 0.831. The molecule has 0 spiro atoms. The summed E-state index contributed by atoms with van der Waals surface area (Å²) in [5.74, 6) is 2.31. The SMILES string of the molecule is COc1ccc(CN(C)C(=S)N[C@H]2CCCC[C@H]2C)c(OC)c1. The van der Waals surface area contributed by atoms with Gasteiger partial charge in [-0.1, -0.05) is 19.8 Å². The first kappa shape index (κ1) is 17.9. The second kappa shape index (κ2) is 8.39. The lowest BCUT2D eigenvalue weighted by molar-refractivity contribution is 0.300. The lowest BCUT2D eigenvalue weighted by atomic mass is 9.86. The highest BCUT2D eigenvalue weighted by atomic mass is 32.1. The number of nitrogens with zero attached hydrogens (tertiary/aromatic N) is 1. The average Bonchev–Trinajstić information content (AvgIpc) is 2.57. The van der Waals surface area contributed by atoms with Gasteiger partial charge >= 0.3 is 0 Å². The molecule has 1 saturated carbocycles. The van der Waals surface area contributed by atoms with Crippen molar-refractivity contribution in [3.8, 4) is 11.5 Å². The molecule has 23 heavy (non-hydrogen) atoms. The first-order chi connectivity index (χ1) is 11.0. The van der Waals surface area contributed by atoms with Gasteiger partial charge in [-0.05, 0) is 43.1 Å². The van der Waals surface area contributed by atoms with Crippen LogP contribution in [-0.2, 0) is 6.54 Å². The summed E-state index contributed by atoms with van der Waals surface area (Å²) in [4.78, 5) is 2.07. The van der Waals surface area contributed by atoms with E-state index in [1.165, 1.54) is 25.7 Å². The molecule has 0 aliphatic heterocycles. The van der Waals surface area contributed by atoms with Crippen LogP contribution >= 0.6 is 12.2 Å². The molecule has 0 unspecified atom stereocenters. The summed E-state index contributed by atoms with van der Waals surface area (Å²) >= 11 is 5.59. The molecular weight excluding hydrogens is 308 g/mol. The number of hydrogen-bond acceptors (Lipinski definition) is 3. The maximum absolute atomic E-state index is 5.59. The second-order valence-corrected chi connectivity index (χ2v) is 6.74. The van der Waals surface area contributed by atoms with Gasteiger partial charge in [0.2, 0.25) is 0 Å². The molecule has 4 nitrogen and oxygen atoms in total. The Kier molecular flexibility index (Phi) is 6.51. The van der Waals surface area contributed by atoms with Crippen molar-refractivity contribution in [3.05, 3.63) is 23.8 Å². The third kappa shape index (κ3) is 4.74. The molecule has 2 atom stereocenters. The molecule has 1 aliphatic rings. The zero-order chi connectivity index (χ0) is 16.8. The summed E-state index contributed by atoms with van der Waals surface area (Å²) in [7, 11) is 5.36. The molecule has 1 fully saturated rings. The number of rotatable bonds is 5. The van der Waals surface area contributed by atoms with Crippen LogP contribution in [0, 0.1) is 5.92 Å². The Bertz CT molecular complexity index is 536. The van der Waals surface area contributed by atoms with Crippen molar-refractivity contribution in [3.63, 3.8) is 0 Å². The van der Waals surface area contributed by atoms with Crippen molar-refractivity contribution in [2.45, 2.75) is 45.2 Å². The lowest BCUT2D eigenvalue weighted by Crippen LogP contribution is -2.46. The minimum Gasteiger partial charge on any atom is -0.497 e. The van der Waals surface area contributed by atoms with Gasteiger partial charge in [-0.2, -0.15) is 0 Å². The standard InChI is InChI=1S/C18H28N2O2S/c1-13-7-5-6-8-16(13)19-18(23)20(2)12-14-9-10-15(21-3)11-17(14)22-4/h9-11,13,16H,5-8,12H2,1-4H3,(H,19,23)/t13-,16+/m1/s1. The van der Waals surface area contributed by atoms with E-state index in [-0.39, 0.29) is 0 Å². The molecule has 5 heteroatoms. The van der Waals surface area contributed by atoms with Gasteiger partial charge in [-0.15, -0.1) is 0 Å². The number of benzene rings is 1. The molecule has 0 heterocycles. The summed E-state index contributed by atoms with van der Waals surface area (Å²) < 4.78 is 10.7. The third-order valence-electron chi connectivity index (χ3n) is 4.67. The fraction of sp³-hybridized carbons (Fsp3) is 0.611. The smallest absolute Gasteiger partial charge is 0.169 e. The maximum atomic E-state index is 5.59. The van der Waals surface area contributed by atoms with Gasteiger partial charge in [0, 0.05) is 31.3 Å². The highest BCUT2D eigenvalue weighted by molar-refractivity contribution is 7.80. The van der Waals surface area contributed by atoms with Gasteiger partial charge < -0.3 is 19.7 Å². The fourth-order valence-corrected chi connectivity index (χ4v) is 3.33. The van der Waals surface area contributed by atoms with Crippen molar-refractivity contribution in [2.75, 3.05) is 21.3 Å². The lowest BCUT2D eigenvalue weighted by Gasteiger charge is -2.33. The zero-order valence-electron chi connectivity index (χ0n) is 14.6. The minimum absolute atomic E-state index is 0.497. The van der Waals surface area contributed by atoms with Gasteiger partial charge in [-0.25, -0.2) is 0 Å². The first-order valence-corrected chi connectivity index (χ1v) is 8.68. The van der Waals surface area contributed by atoms with Crippen LogP contribution in [0.1, 0.15) is 38.2 Å². The molecule has 1 aromatic carbocycles. The van der Waals surface area contributed by atoms with Crippen LogP contribution in [0.3, 0.4) is 0 Å². The summed E-state index contributed by atoms with van der Waals surface area (Å²) in [5, 5.41) is 4.35. The second-order valence-electron chi connectivity index (χ2n) is 6.35. The number of methoxy groups -OCH3 is 2. The summed E-state index contributed by atoms with van der Waals surface area (Å²) in [6.45, 7) is 3.02. The van der Waals surface area contributed by atoms with Gasteiger partial charge in [0.25, 0.3) is 0 Å². The molecule has 0 amide bonds. The van der Waals surface area contributed by atoms with E-state index in [1.54, 1.807) is 14.2 Å². The van der Waals surface area contributed by atoms with Gasteiger partial charge in [-0.3, -0.25) is 0 Å². The number of nitrogens with one attached hydrogen (secondary N) is 1. The largest absolute Gasteiger partial charge is 0.497 e. The Morgan fingerprint density at radius 1 is 1.26 bits per heavy atom. The van der Waals surface area contributed by atoms with E-state index < -0.39 is 0 Å². The fourth-order valence-electron chi connectivity index (χ4n) is 3.11. The van der Waals surface area contributed by atoms with Crippen molar-refractivity contribution < 1.29 is 9.47 Å². The van der Waals surface area contributed by atoms with E-state index in [1.807, 2.05) is 25.2 Å². The summed E-state index contributed by atoms with van der Waals surface area (Å²) in [5.41, 5.74) is 1.09. The molecule has 0 bridgehead atoms. The molecule has 2 rings (SSSR count). The van der Waals surface area contributed by atoms with Crippen LogP contribution in [-0.4, -0.2) is 37.3 Å². The molecule has 0 aromatic heterocycles. The van der Waals surface area contributed by atoms with Crippen molar-refractivity contribution >= 4 is 17.3 Å². The average molecular weight is 337 g/mol. The van der Waals surface area contributed by atoms with Gasteiger partial charge in [0.1, 0.15) is 11.5 Å². The van der Waals surface area contributed by atoms with Crippen molar-refractivity contribution in [2.24, 2.45) is 5.92 Å². The van der Waals surface area contributed by atoms with Crippen LogP contribution in [0.25, 0.3) is 0 Å². The maximum Gasteiger partial charge on any atom is 0.169 e. The Morgan fingerprint density at radius 2 is 2.00 bits per heavy atom. The molecule has 128 valence electrons. The van der Waals surface area contributed by atoms with Crippen LogP contribution < -0.4 is 14.8 Å². The third-order valence-corrected chi connectivity index (χ3v) is 5.10. The molecule has 0 radical (unpaired) electrons. The predicted octanol–water partition coefficient (Wildman–Crippen LogP) is 3.59. The van der Waals surface area contributed by atoms with E-state index >= 15 is 0 Å². The molecule has 0 saturated heterocycles. The van der Waals surface area contributed by atoms with E-state index in [9.17, 15) is 0 Å². The van der Waals surface area contributed by atoms with Crippen molar-refractivity contribution in [1.82, 2.24) is 10.2 Å². The molecule has 1 aliphatic carbocycles. The van der Waals surface area contributed by atoms with E-state index in [0.29, 0.717) is 18.5 Å². The zero-order valence-corrected chi connectivity index (χ0v) is 15.4. The van der Waals surface area contributed by atoms with E-state index in [4.69, 9.17) is 21.7 Å². The van der Waals surface area contributed by atoms with Crippen LogP contribution in [0.5, 0.6) is 11.5 Å². The highest BCUT2D eigenvalue weighted by Crippen LogP contribution is 2.26. The van der Waals surface area contributed by atoms with Gasteiger partial charge in [0.15, 0.2) is 5.11 Å². The number of thiocarbonyl (C=S) groups is 1. The monoisotopic (exact) mass is 336 g/mol. The van der Waals surface area contributed by atoms with Crippen molar-refractivity contribution in [1.29, 1.82) is 0 Å². The highest BCUT2D eigenvalue weighted by Gasteiger charge is 2.22. The van der Waals surface area contributed by atoms with Crippen LogP contribution in [0.15, 0.2) is 18.2 Å². The Morgan fingerprint density at radius 3 is 2.65 bits per heavy atom. The minimum atomic E-state index is 0.497. The molecular formula is C18H28N2O2S. The van der Waals surface area contributed by atoms with E-state index in [2.05, 4.69) is 17.1 Å². The Labute approximate surface area is 145 Å². The number of hydrogen-bond donors (Lipinski definition) is 1. The van der Waals surface area contributed by atoms with Crippen LogP contribution in [0.2, 0.25) is 0 Å². The molecule has 1 aromatic rings. The number of ether oxygens (including phenoxy) is 2. The van der Waals surface area contributed by atoms with Crippen LogP contribution in [0.4, 0.5) is 0 Å². The topological polar surface area (TPSA) is 33.7 Å². The summed E-state index contributed by atoms with van der Waals surface area (Å²) in [6, 6.07) is 6.38. The Hall–Kier alpha value is -1.49. The summed E-state index contributed by atoms with van der Waals surface area (Å²) in [6.07, 6.45) is 5.13.